The number of piperidine rings is 1. The molecular weight excluding hydrogens is 306 g/mol. The lowest BCUT2D eigenvalue weighted by Gasteiger charge is -2.33. The number of likely N-dealkylation sites (tertiary alicyclic amines) is 1. The number of hydrogen-bond donors (Lipinski definition) is 1. The first-order valence-corrected chi connectivity index (χ1v) is 8.73. The third kappa shape index (κ3) is 3.50. The van der Waals surface area contributed by atoms with Gasteiger partial charge in [0.2, 0.25) is 5.91 Å². The van der Waals surface area contributed by atoms with Gasteiger partial charge in [-0.15, -0.1) is 0 Å². The van der Waals surface area contributed by atoms with E-state index in [9.17, 15) is 19.5 Å². The van der Waals surface area contributed by atoms with Gasteiger partial charge >= 0.3 is 5.97 Å². The minimum Gasteiger partial charge on any atom is -0.480 e. The number of rotatable bonds is 5. The average molecular weight is 329 g/mol. The summed E-state index contributed by atoms with van der Waals surface area (Å²) in [5, 5.41) is 9.24. The Kier molecular flexibility index (Phi) is 4.97. The van der Waals surface area contributed by atoms with Crippen LogP contribution in [0.25, 0.3) is 0 Å². The molecule has 2 aliphatic rings. The van der Waals surface area contributed by atoms with E-state index in [4.69, 9.17) is 0 Å². The SMILES string of the molecule is O=C(CCC(=O)N1CCCCC1C(=O)O)c1ccc2c(c1)CCC2. The van der Waals surface area contributed by atoms with E-state index in [1.54, 1.807) is 0 Å². The number of ketones is 1. The van der Waals surface area contributed by atoms with Crippen molar-refractivity contribution >= 4 is 17.7 Å². The van der Waals surface area contributed by atoms with Gasteiger partial charge in [-0.05, 0) is 55.7 Å². The largest absolute Gasteiger partial charge is 0.480 e. The summed E-state index contributed by atoms with van der Waals surface area (Å²) >= 11 is 0. The molecule has 1 aromatic rings. The molecule has 1 saturated heterocycles. The van der Waals surface area contributed by atoms with E-state index in [0.29, 0.717) is 18.5 Å². The zero-order valence-electron chi connectivity index (χ0n) is 13.8. The first-order valence-electron chi connectivity index (χ1n) is 8.73. The number of benzene rings is 1. The van der Waals surface area contributed by atoms with Crippen LogP contribution in [0.5, 0.6) is 0 Å². The zero-order chi connectivity index (χ0) is 17.1. The van der Waals surface area contributed by atoms with E-state index in [2.05, 4.69) is 0 Å². The summed E-state index contributed by atoms with van der Waals surface area (Å²) in [7, 11) is 0. The smallest absolute Gasteiger partial charge is 0.326 e. The van der Waals surface area contributed by atoms with Crippen LogP contribution in [0.2, 0.25) is 0 Å². The van der Waals surface area contributed by atoms with Gasteiger partial charge in [0.05, 0.1) is 0 Å². The summed E-state index contributed by atoms with van der Waals surface area (Å²) in [6, 6.07) is 5.08. The Bertz CT molecular complexity index is 667. The summed E-state index contributed by atoms with van der Waals surface area (Å²) < 4.78 is 0. The van der Waals surface area contributed by atoms with Crippen molar-refractivity contribution in [1.29, 1.82) is 0 Å². The molecule has 5 heteroatoms. The Morgan fingerprint density at radius 2 is 1.83 bits per heavy atom. The molecule has 128 valence electrons. The number of aliphatic carboxylic acids is 1. The highest BCUT2D eigenvalue weighted by atomic mass is 16.4. The van der Waals surface area contributed by atoms with Crippen molar-refractivity contribution in [2.75, 3.05) is 6.54 Å². The number of hydrogen-bond acceptors (Lipinski definition) is 3. The predicted octanol–water partition coefficient (Wildman–Crippen LogP) is 2.60. The average Bonchev–Trinajstić information content (AvgIpc) is 3.06. The van der Waals surface area contributed by atoms with Gasteiger partial charge in [-0.3, -0.25) is 9.59 Å². The molecule has 1 aromatic carbocycles. The predicted molar refractivity (Wildman–Crippen MR) is 89.0 cm³/mol. The summed E-state index contributed by atoms with van der Waals surface area (Å²) in [6.45, 7) is 0.475. The van der Waals surface area contributed by atoms with E-state index in [0.717, 1.165) is 32.1 Å². The van der Waals surface area contributed by atoms with Gasteiger partial charge in [0.15, 0.2) is 5.78 Å². The number of Topliss-reactive ketones (excluding diaryl/α,β-unsaturated/α-hetero) is 1. The van der Waals surface area contributed by atoms with Crippen LogP contribution >= 0.6 is 0 Å². The minimum atomic E-state index is -0.951. The van der Waals surface area contributed by atoms with Crippen LogP contribution in [0, 0.1) is 0 Å². The monoisotopic (exact) mass is 329 g/mol. The lowest BCUT2D eigenvalue weighted by molar-refractivity contribution is -0.152. The maximum atomic E-state index is 12.4. The molecule has 0 bridgehead atoms. The molecule has 24 heavy (non-hydrogen) atoms. The summed E-state index contributed by atoms with van der Waals surface area (Å²) in [4.78, 5) is 37.4. The Morgan fingerprint density at radius 3 is 2.62 bits per heavy atom. The van der Waals surface area contributed by atoms with Crippen molar-refractivity contribution in [2.24, 2.45) is 0 Å². The van der Waals surface area contributed by atoms with Crippen LogP contribution in [0.3, 0.4) is 0 Å². The minimum absolute atomic E-state index is 0.0399. The third-order valence-electron chi connectivity index (χ3n) is 5.09. The lowest BCUT2D eigenvalue weighted by Crippen LogP contribution is -2.48. The van der Waals surface area contributed by atoms with E-state index in [1.807, 2.05) is 18.2 Å². The lowest BCUT2D eigenvalue weighted by atomic mass is 9.99. The highest BCUT2D eigenvalue weighted by Gasteiger charge is 2.31. The third-order valence-corrected chi connectivity index (χ3v) is 5.09. The van der Waals surface area contributed by atoms with E-state index >= 15 is 0 Å². The molecule has 3 rings (SSSR count). The first kappa shape index (κ1) is 16.7. The molecule has 1 unspecified atom stereocenters. The second kappa shape index (κ2) is 7.16. The molecule has 1 N–H and O–H groups in total. The van der Waals surface area contributed by atoms with E-state index < -0.39 is 12.0 Å². The van der Waals surface area contributed by atoms with E-state index in [1.165, 1.54) is 16.0 Å². The number of nitrogens with zero attached hydrogens (tertiary/aromatic N) is 1. The highest BCUT2D eigenvalue weighted by Crippen LogP contribution is 2.24. The van der Waals surface area contributed by atoms with Gasteiger partial charge in [-0.1, -0.05) is 12.1 Å². The molecule has 1 aliphatic carbocycles. The molecule has 0 aromatic heterocycles. The fourth-order valence-corrected chi connectivity index (χ4v) is 3.74. The zero-order valence-corrected chi connectivity index (χ0v) is 13.8. The standard InChI is InChI=1S/C19H23NO4/c21-17(15-8-7-13-4-3-5-14(13)12-15)9-10-18(22)20-11-2-1-6-16(20)19(23)24/h7-8,12,16H,1-6,9-11H2,(H,23,24). The second-order valence-electron chi connectivity index (χ2n) is 6.70. The molecule has 5 nitrogen and oxygen atoms in total. The molecule has 1 amide bonds. The Balaban J connectivity index is 1.59. The van der Waals surface area contributed by atoms with Gasteiger partial charge in [0.1, 0.15) is 6.04 Å². The highest BCUT2D eigenvalue weighted by molar-refractivity contribution is 5.98. The Morgan fingerprint density at radius 1 is 1.04 bits per heavy atom. The number of fused-ring (bicyclic) bond motifs is 1. The number of aryl methyl sites for hydroxylation is 2. The number of carbonyl (C=O) groups excluding carboxylic acids is 2. The molecule has 0 radical (unpaired) electrons. The van der Waals surface area contributed by atoms with Crippen LogP contribution < -0.4 is 0 Å². The fraction of sp³-hybridized carbons (Fsp3) is 0.526. The van der Waals surface area contributed by atoms with Crippen molar-refractivity contribution in [2.45, 2.75) is 57.4 Å². The number of amides is 1. The van der Waals surface area contributed by atoms with Crippen molar-refractivity contribution in [3.05, 3.63) is 34.9 Å². The van der Waals surface area contributed by atoms with Gasteiger partial charge in [-0.2, -0.15) is 0 Å². The number of carboxylic acids is 1. The number of carboxylic acid groups (broad SMARTS) is 1. The van der Waals surface area contributed by atoms with Crippen LogP contribution in [-0.2, 0) is 22.4 Å². The van der Waals surface area contributed by atoms with Gasteiger partial charge in [-0.25, -0.2) is 4.79 Å². The van der Waals surface area contributed by atoms with Gasteiger partial charge in [0.25, 0.3) is 0 Å². The topological polar surface area (TPSA) is 74.7 Å². The Labute approximate surface area is 141 Å². The van der Waals surface area contributed by atoms with Gasteiger partial charge < -0.3 is 10.0 Å². The summed E-state index contributed by atoms with van der Waals surface area (Å²) in [5.74, 6) is -1.22. The second-order valence-corrected chi connectivity index (χ2v) is 6.70. The van der Waals surface area contributed by atoms with Gasteiger partial charge in [0, 0.05) is 24.9 Å². The number of carbonyl (C=O) groups is 3. The van der Waals surface area contributed by atoms with Crippen LogP contribution in [0.4, 0.5) is 0 Å². The van der Waals surface area contributed by atoms with Crippen LogP contribution in [-0.4, -0.2) is 40.3 Å². The molecular formula is C19H23NO4. The maximum absolute atomic E-state index is 12.4. The molecule has 1 heterocycles. The van der Waals surface area contributed by atoms with Crippen molar-refractivity contribution in [3.63, 3.8) is 0 Å². The van der Waals surface area contributed by atoms with Crippen molar-refractivity contribution in [1.82, 2.24) is 4.90 Å². The normalized spacial score (nSPS) is 19.8. The first-order chi connectivity index (χ1) is 11.6. The van der Waals surface area contributed by atoms with E-state index in [-0.39, 0.29) is 24.5 Å². The Hall–Kier alpha value is -2.17. The molecule has 1 fully saturated rings. The van der Waals surface area contributed by atoms with Crippen LogP contribution in [0.15, 0.2) is 18.2 Å². The van der Waals surface area contributed by atoms with Crippen LogP contribution in [0.1, 0.15) is 60.0 Å². The molecule has 0 spiro atoms. The fourth-order valence-electron chi connectivity index (χ4n) is 3.74. The van der Waals surface area contributed by atoms with Crippen molar-refractivity contribution in [3.8, 4) is 0 Å². The maximum Gasteiger partial charge on any atom is 0.326 e. The summed E-state index contributed by atoms with van der Waals surface area (Å²) in [6.07, 6.45) is 5.61. The quantitative estimate of drug-likeness (QED) is 0.843. The summed E-state index contributed by atoms with van der Waals surface area (Å²) in [5.41, 5.74) is 3.23. The molecule has 0 saturated carbocycles. The molecule has 1 atom stereocenters. The molecule has 1 aliphatic heterocycles. The van der Waals surface area contributed by atoms with Crippen molar-refractivity contribution < 1.29 is 19.5 Å².